The Balaban J connectivity index is 1.55. The highest BCUT2D eigenvalue weighted by atomic mass is 35.5. The summed E-state index contributed by atoms with van der Waals surface area (Å²) in [5.74, 6) is 0.842. The molecule has 0 saturated carbocycles. The lowest BCUT2D eigenvalue weighted by Crippen LogP contribution is -2.43. The lowest BCUT2D eigenvalue weighted by atomic mass is 10.1. The van der Waals surface area contributed by atoms with Crippen LogP contribution in [-0.4, -0.2) is 65.2 Å². The van der Waals surface area contributed by atoms with E-state index in [0.29, 0.717) is 28.9 Å². The monoisotopic (exact) mass is 617 g/mol. The van der Waals surface area contributed by atoms with Gasteiger partial charge in [0, 0.05) is 42.4 Å². The topological polar surface area (TPSA) is 116 Å². The maximum absolute atomic E-state index is 13.1. The van der Waals surface area contributed by atoms with E-state index in [1.54, 1.807) is 30.0 Å². The maximum Gasteiger partial charge on any atom is 0.257 e. The molecule has 1 fully saturated rings. The lowest BCUT2D eigenvalue weighted by Gasteiger charge is -2.36. The summed E-state index contributed by atoms with van der Waals surface area (Å²) in [6, 6.07) is 6.38. The Kier molecular flexibility index (Phi) is 9.37. The van der Waals surface area contributed by atoms with Crippen molar-refractivity contribution in [1.82, 2.24) is 19.2 Å². The third kappa shape index (κ3) is 7.82. The van der Waals surface area contributed by atoms with Crippen molar-refractivity contribution in [3.63, 3.8) is 0 Å². The van der Waals surface area contributed by atoms with Gasteiger partial charge in [0.1, 0.15) is 28.5 Å². The number of ether oxygens (including phenoxy) is 2. The Morgan fingerprint density at radius 1 is 1.15 bits per heavy atom. The van der Waals surface area contributed by atoms with Crippen LogP contribution in [-0.2, 0) is 4.43 Å². The fourth-order valence-electron chi connectivity index (χ4n) is 3.59. The maximum atomic E-state index is 13.1. The molecule has 0 bridgehead atoms. The molecule has 1 atom stereocenters. The van der Waals surface area contributed by atoms with E-state index in [4.69, 9.17) is 25.5 Å². The van der Waals surface area contributed by atoms with Crippen molar-refractivity contribution in [2.24, 2.45) is 0 Å². The van der Waals surface area contributed by atoms with Gasteiger partial charge in [-0.2, -0.15) is 4.37 Å². The first-order valence-corrected chi connectivity index (χ1v) is 17.5. The van der Waals surface area contributed by atoms with Crippen LogP contribution in [0, 0.1) is 6.92 Å². The van der Waals surface area contributed by atoms with Crippen molar-refractivity contribution in [3.05, 3.63) is 52.4 Å². The largest absolute Gasteiger partial charge is 0.488 e. The van der Waals surface area contributed by atoms with Crippen LogP contribution in [0.15, 0.2) is 30.5 Å². The molecule has 4 rings (SSSR count). The van der Waals surface area contributed by atoms with Gasteiger partial charge < -0.3 is 18.8 Å². The zero-order valence-corrected chi connectivity index (χ0v) is 27.0. The van der Waals surface area contributed by atoms with Gasteiger partial charge in [-0.3, -0.25) is 14.9 Å². The van der Waals surface area contributed by atoms with Crippen molar-refractivity contribution in [3.8, 4) is 17.4 Å². The number of rotatable bonds is 10. The normalized spacial score (nSPS) is 14.3. The summed E-state index contributed by atoms with van der Waals surface area (Å²) in [5, 5.41) is 3.38. The summed E-state index contributed by atoms with van der Waals surface area (Å²) in [4.78, 5) is 35.9. The van der Waals surface area contributed by atoms with E-state index in [9.17, 15) is 9.59 Å². The SMILES string of the molecule is Cc1nsc(NC(=O)c2cc(Oc3ncc(C(=O)N4CCC4)cc3Cl)cc(O[C@@H](C)CO[Si](C)(C)C(C)(C)C)c2)n1. The number of hydrogen-bond acceptors (Lipinski definition) is 9. The van der Waals surface area contributed by atoms with Gasteiger partial charge in [-0.05, 0) is 56.6 Å². The number of nitrogens with zero attached hydrogens (tertiary/aromatic N) is 4. The molecule has 1 aliphatic rings. The van der Waals surface area contributed by atoms with Crippen LogP contribution in [0.5, 0.6) is 17.4 Å². The fourth-order valence-corrected chi connectivity index (χ4v) is 5.45. The third-order valence-corrected chi connectivity index (χ3v) is 12.6. The number of carbonyl (C=O) groups excluding carboxylic acids is 2. The first-order chi connectivity index (χ1) is 19.2. The van der Waals surface area contributed by atoms with Crippen LogP contribution < -0.4 is 14.8 Å². The second-order valence-corrected chi connectivity index (χ2v) is 17.5. The van der Waals surface area contributed by atoms with Crippen molar-refractivity contribution >= 4 is 48.4 Å². The molecule has 0 aliphatic carbocycles. The Bertz CT molecular complexity index is 1420. The van der Waals surface area contributed by atoms with E-state index in [1.165, 1.54) is 12.3 Å². The van der Waals surface area contributed by atoms with Crippen LogP contribution in [0.2, 0.25) is 23.2 Å². The molecule has 0 unspecified atom stereocenters. The number of amides is 2. The van der Waals surface area contributed by atoms with Crippen LogP contribution in [0.1, 0.15) is 60.7 Å². The van der Waals surface area contributed by atoms with Crippen molar-refractivity contribution in [1.29, 1.82) is 0 Å². The molecule has 1 aliphatic heterocycles. The molecule has 1 saturated heterocycles. The minimum absolute atomic E-state index is 0.0659. The molecule has 41 heavy (non-hydrogen) atoms. The quantitative estimate of drug-likeness (QED) is 0.254. The fraction of sp³-hybridized carbons (Fsp3) is 0.464. The van der Waals surface area contributed by atoms with Gasteiger partial charge in [0.15, 0.2) is 8.32 Å². The van der Waals surface area contributed by atoms with Crippen LogP contribution in [0.25, 0.3) is 0 Å². The van der Waals surface area contributed by atoms with Gasteiger partial charge >= 0.3 is 0 Å². The van der Waals surface area contributed by atoms with Crippen LogP contribution in [0.3, 0.4) is 0 Å². The van der Waals surface area contributed by atoms with E-state index in [2.05, 4.69) is 53.5 Å². The number of aryl methyl sites for hydroxylation is 1. The third-order valence-electron chi connectivity index (χ3n) is 7.12. The standard InChI is InChI=1S/C28H36ClN5O5SSi/c1-17(16-37-41(6,7)28(3,4)5)38-21-11-19(24(35)32-27-31-18(2)33-40-27)12-22(14-21)39-25-23(29)13-20(15-30-25)26(36)34-9-8-10-34/h11-15,17H,8-10,16H2,1-7H3,(H,31,32,33,35)/t17-/m0/s1. The Morgan fingerprint density at radius 3 is 2.44 bits per heavy atom. The lowest BCUT2D eigenvalue weighted by molar-refractivity contribution is 0.0651. The van der Waals surface area contributed by atoms with E-state index in [1.807, 2.05) is 6.92 Å². The molecular formula is C28H36ClN5O5SSi. The number of carbonyl (C=O) groups is 2. The Hall–Kier alpha value is -3.06. The Morgan fingerprint density at radius 2 is 1.85 bits per heavy atom. The van der Waals surface area contributed by atoms with E-state index < -0.39 is 14.2 Å². The smallest absolute Gasteiger partial charge is 0.257 e. The van der Waals surface area contributed by atoms with Gasteiger partial charge in [0.25, 0.3) is 11.8 Å². The molecule has 2 amide bonds. The molecule has 2 aromatic heterocycles. The summed E-state index contributed by atoms with van der Waals surface area (Å²) in [6.07, 6.45) is 2.13. The number of benzene rings is 1. The molecule has 3 heterocycles. The van der Waals surface area contributed by atoms with E-state index >= 15 is 0 Å². The summed E-state index contributed by atoms with van der Waals surface area (Å²) in [7, 11) is -1.97. The number of anilines is 1. The average Bonchev–Trinajstić information content (AvgIpc) is 3.26. The molecular weight excluding hydrogens is 582 g/mol. The molecule has 3 aromatic rings. The molecule has 0 spiro atoms. The summed E-state index contributed by atoms with van der Waals surface area (Å²) in [5.41, 5.74) is 0.672. The number of hydrogen-bond donors (Lipinski definition) is 1. The predicted octanol–water partition coefficient (Wildman–Crippen LogP) is 6.57. The molecule has 10 nitrogen and oxygen atoms in total. The summed E-state index contributed by atoms with van der Waals surface area (Å²) >= 11 is 7.54. The zero-order chi connectivity index (χ0) is 29.9. The second kappa shape index (κ2) is 12.4. The van der Waals surface area contributed by atoms with Crippen molar-refractivity contribution in [2.45, 2.75) is 65.3 Å². The number of pyridine rings is 1. The van der Waals surface area contributed by atoms with Gasteiger partial charge in [-0.25, -0.2) is 9.97 Å². The van der Waals surface area contributed by atoms with Gasteiger partial charge in [-0.15, -0.1) is 0 Å². The summed E-state index contributed by atoms with van der Waals surface area (Å²) < 4.78 is 22.6. The number of halogens is 1. The van der Waals surface area contributed by atoms with Gasteiger partial charge in [-0.1, -0.05) is 32.4 Å². The summed E-state index contributed by atoms with van der Waals surface area (Å²) in [6.45, 7) is 16.4. The number of nitrogens with one attached hydrogen (secondary N) is 1. The van der Waals surface area contributed by atoms with E-state index in [0.717, 1.165) is 31.0 Å². The first-order valence-electron chi connectivity index (χ1n) is 13.4. The molecule has 220 valence electrons. The minimum atomic E-state index is -1.97. The zero-order valence-electron chi connectivity index (χ0n) is 24.4. The highest BCUT2D eigenvalue weighted by molar-refractivity contribution is 7.09. The highest BCUT2D eigenvalue weighted by Crippen LogP contribution is 2.37. The Labute approximate surface area is 250 Å². The van der Waals surface area contributed by atoms with Crippen LogP contribution >= 0.6 is 23.1 Å². The first kappa shape index (κ1) is 30.9. The molecule has 0 radical (unpaired) electrons. The number of aromatic nitrogens is 3. The minimum Gasteiger partial charge on any atom is -0.488 e. The van der Waals surface area contributed by atoms with Gasteiger partial charge in [0.2, 0.25) is 11.0 Å². The molecule has 13 heteroatoms. The van der Waals surface area contributed by atoms with Crippen molar-refractivity contribution in [2.75, 3.05) is 25.0 Å². The van der Waals surface area contributed by atoms with Gasteiger partial charge in [0.05, 0.1) is 12.2 Å². The molecule has 1 N–H and O–H groups in total. The second-order valence-electron chi connectivity index (χ2n) is 11.6. The molecule has 1 aromatic carbocycles. The average molecular weight is 618 g/mol. The van der Waals surface area contributed by atoms with E-state index in [-0.39, 0.29) is 39.3 Å². The number of likely N-dealkylation sites (tertiary alicyclic amines) is 1. The van der Waals surface area contributed by atoms with Crippen LogP contribution in [0.4, 0.5) is 5.13 Å². The van der Waals surface area contributed by atoms with Crippen molar-refractivity contribution < 1.29 is 23.5 Å². The predicted molar refractivity (Wildman–Crippen MR) is 162 cm³/mol. The highest BCUT2D eigenvalue weighted by Gasteiger charge is 2.37.